The van der Waals surface area contributed by atoms with Crippen LogP contribution in [0.2, 0.25) is 0 Å². The number of rotatable bonds is 4. The number of carbonyl (C=O) groups is 2. The minimum Gasteiger partial charge on any atom is -0.467 e. The Morgan fingerprint density at radius 3 is 2.79 bits per heavy atom. The lowest BCUT2D eigenvalue weighted by molar-refractivity contribution is -0.114. The number of nitrogens with zero attached hydrogens (tertiary/aromatic N) is 1. The molecule has 0 spiro atoms. The Morgan fingerprint density at radius 2 is 2.16 bits per heavy atom. The Labute approximate surface area is 114 Å². The van der Waals surface area contributed by atoms with Crippen molar-refractivity contribution in [3.63, 3.8) is 0 Å². The van der Waals surface area contributed by atoms with Crippen LogP contribution in [0.4, 0.5) is 5.00 Å². The summed E-state index contributed by atoms with van der Waals surface area (Å²) in [5.41, 5.74) is 0. The smallest absolute Gasteiger partial charge is 0.264 e. The molecule has 0 unspecified atom stereocenters. The van der Waals surface area contributed by atoms with Gasteiger partial charge in [0.2, 0.25) is 5.91 Å². The van der Waals surface area contributed by atoms with Crippen LogP contribution in [0.25, 0.3) is 0 Å². The van der Waals surface area contributed by atoms with Gasteiger partial charge in [0.05, 0.1) is 22.7 Å². The minimum atomic E-state index is -0.148. The molecule has 2 heterocycles. The maximum absolute atomic E-state index is 12.2. The lowest BCUT2D eigenvalue weighted by Crippen LogP contribution is -2.25. The molecule has 5 nitrogen and oxygen atoms in total. The van der Waals surface area contributed by atoms with Gasteiger partial charge in [-0.05, 0) is 24.3 Å². The molecule has 2 aromatic rings. The number of hydrogen-bond acceptors (Lipinski definition) is 4. The van der Waals surface area contributed by atoms with Crippen molar-refractivity contribution < 1.29 is 14.0 Å². The number of anilines is 1. The summed E-state index contributed by atoms with van der Waals surface area (Å²) >= 11 is 1.26. The summed E-state index contributed by atoms with van der Waals surface area (Å²) in [6, 6.07) is 7.03. The van der Waals surface area contributed by atoms with E-state index in [-0.39, 0.29) is 11.8 Å². The molecule has 0 aliphatic carbocycles. The van der Waals surface area contributed by atoms with Crippen LogP contribution in [0, 0.1) is 0 Å². The van der Waals surface area contributed by atoms with Gasteiger partial charge in [0, 0.05) is 14.0 Å². The Bertz CT molecular complexity index is 574. The van der Waals surface area contributed by atoms with Crippen LogP contribution < -0.4 is 5.32 Å². The van der Waals surface area contributed by atoms with Gasteiger partial charge in [-0.3, -0.25) is 9.59 Å². The average molecular weight is 278 g/mol. The molecule has 2 amide bonds. The second-order valence-electron chi connectivity index (χ2n) is 4.09. The number of thiophene rings is 1. The van der Waals surface area contributed by atoms with Crippen molar-refractivity contribution in [2.45, 2.75) is 13.5 Å². The summed E-state index contributed by atoms with van der Waals surface area (Å²) < 4.78 is 5.20. The second kappa shape index (κ2) is 5.71. The van der Waals surface area contributed by atoms with Crippen LogP contribution in [0.3, 0.4) is 0 Å². The highest BCUT2D eigenvalue weighted by Crippen LogP contribution is 2.23. The van der Waals surface area contributed by atoms with Gasteiger partial charge >= 0.3 is 0 Å². The molecule has 0 aromatic carbocycles. The topological polar surface area (TPSA) is 62.6 Å². The van der Waals surface area contributed by atoms with Crippen LogP contribution in [-0.4, -0.2) is 23.8 Å². The first-order valence-corrected chi connectivity index (χ1v) is 6.53. The zero-order chi connectivity index (χ0) is 13.8. The van der Waals surface area contributed by atoms with Crippen molar-refractivity contribution in [1.29, 1.82) is 0 Å². The molecule has 19 heavy (non-hydrogen) atoms. The van der Waals surface area contributed by atoms with Crippen LogP contribution in [0.1, 0.15) is 22.4 Å². The molecule has 100 valence electrons. The standard InChI is InChI=1S/C13H14N2O3S/c1-9(16)14-12-6-5-11(19-12)13(17)15(2)8-10-4-3-7-18-10/h3-7H,8H2,1-2H3,(H,14,16). The first-order chi connectivity index (χ1) is 9.06. The molecule has 0 saturated carbocycles. The summed E-state index contributed by atoms with van der Waals surface area (Å²) in [4.78, 5) is 25.2. The molecular weight excluding hydrogens is 264 g/mol. The van der Waals surface area contributed by atoms with E-state index in [1.54, 1.807) is 36.4 Å². The van der Waals surface area contributed by atoms with E-state index in [9.17, 15) is 9.59 Å². The van der Waals surface area contributed by atoms with E-state index < -0.39 is 0 Å². The Morgan fingerprint density at radius 1 is 1.37 bits per heavy atom. The fraction of sp³-hybridized carbons (Fsp3) is 0.231. The van der Waals surface area contributed by atoms with Crippen LogP contribution in [-0.2, 0) is 11.3 Å². The van der Waals surface area contributed by atoms with Crippen LogP contribution in [0.15, 0.2) is 34.9 Å². The summed E-state index contributed by atoms with van der Waals surface area (Å²) in [5, 5.41) is 3.32. The molecule has 2 aromatic heterocycles. The number of nitrogens with one attached hydrogen (secondary N) is 1. The molecule has 0 aliphatic heterocycles. The maximum Gasteiger partial charge on any atom is 0.264 e. The summed E-state index contributed by atoms with van der Waals surface area (Å²) in [7, 11) is 1.71. The molecule has 0 saturated heterocycles. The average Bonchev–Trinajstić information content (AvgIpc) is 2.98. The first kappa shape index (κ1) is 13.4. The monoisotopic (exact) mass is 278 g/mol. The maximum atomic E-state index is 12.2. The number of carbonyl (C=O) groups excluding carboxylic acids is 2. The normalized spacial score (nSPS) is 10.2. The van der Waals surface area contributed by atoms with Gasteiger partial charge in [0.15, 0.2) is 0 Å². The third-order valence-corrected chi connectivity index (χ3v) is 3.42. The van der Waals surface area contributed by atoms with Gasteiger partial charge in [0.1, 0.15) is 5.76 Å². The Hall–Kier alpha value is -2.08. The number of amides is 2. The third kappa shape index (κ3) is 3.45. The zero-order valence-electron chi connectivity index (χ0n) is 10.7. The first-order valence-electron chi connectivity index (χ1n) is 5.71. The number of furan rings is 1. The molecule has 0 bridgehead atoms. The lowest BCUT2D eigenvalue weighted by atomic mass is 10.3. The molecule has 0 aliphatic rings. The van der Waals surface area contributed by atoms with Crippen LogP contribution in [0.5, 0.6) is 0 Å². The Kier molecular flexibility index (Phi) is 4.01. The Balaban J connectivity index is 2.02. The predicted octanol–water partition coefficient (Wildman–Crippen LogP) is 2.57. The largest absolute Gasteiger partial charge is 0.467 e. The molecule has 0 radical (unpaired) electrons. The number of hydrogen-bond donors (Lipinski definition) is 1. The van der Waals surface area contributed by atoms with Crippen molar-refractivity contribution in [3.05, 3.63) is 41.2 Å². The highest BCUT2D eigenvalue weighted by molar-refractivity contribution is 7.18. The van der Waals surface area contributed by atoms with E-state index in [0.717, 1.165) is 5.76 Å². The minimum absolute atomic E-state index is 0.0991. The van der Waals surface area contributed by atoms with E-state index in [1.807, 2.05) is 6.07 Å². The fourth-order valence-corrected chi connectivity index (χ4v) is 2.54. The lowest BCUT2D eigenvalue weighted by Gasteiger charge is -2.14. The summed E-state index contributed by atoms with van der Waals surface area (Å²) in [6.45, 7) is 1.85. The molecule has 2 rings (SSSR count). The van der Waals surface area contributed by atoms with E-state index in [1.165, 1.54) is 18.3 Å². The molecule has 6 heteroatoms. The van der Waals surface area contributed by atoms with Gasteiger partial charge in [0.25, 0.3) is 5.91 Å². The quantitative estimate of drug-likeness (QED) is 0.935. The highest BCUT2D eigenvalue weighted by atomic mass is 32.1. The van der Waals surface area contributed by atoms with Crippen LogP contribution >= 0.6 is 11.3 Å². The zero-order valence-corrected chi connectivity index (χ0v) is 11.5. The third-order valence-electron chi connectivity index (χ3n) is 2.44. The predicted molar refractivity (Wildman–Crippen MR) is 73.1 cm³/mol. The fourth-order valence-electron chi connectivity index (χ4n) is 1.59. The SMILES string of the molecule is CC(=O)Nc1ccc(C(=O)N(C)Cc2ccco2)s1. The van der Waals surface area contributed by atoms with Gasteiger partial charge in [-0.2, -0.15) is 0 Å². The van der Waals surface area contributed by atoms with Gasteiger partial charge in [-0.25, -0.2) is 0 Å². The van der Waals surface area contributed by atoms with E-state index in [0.29, 0.717) is 16.4 Å². The van der Waals surface area contributed by atoms with Crippen molar-refractivity contribution >= 4 is 28.2 Å². The van der Waals surface area contributed by atoms with Gasteiger partial charge in [-0.15, -0.1) is 11.3 Å². The molecule has 1 N–H and O–H groups in total. The van der Waals surface area contributed by atoms with E-state index in [2.05, 4.69) is 5.32 Å². The van der Waals surface area contributed by atoms with E-state index >= 15 is 0 Å². The van der Waals surface area contributed by atoms with Crippen molar-refractivity contribution in [3.8, 4) is 0 Å². The molecule has 0 atom stereocenters. The van der Waals surface area contributed by atoms with Crippen molar-refractivity contribution in [2.24, 2.45) is 0 Å². The van der Waals surface area contributed by atoms with Gasteiger partial charge < -0.3 is 14.6 Å². The summed E-state index contributed by atoms with van der Waals surface area (Å²) in [5.74, 6) is 0.484. The molecular formula is C13H14N2O3S. The summed E-state index contributed by atoms with van der Waals surface area (Å²) in [6.07, 6.45) is 1.58. The molecule has 0 fully saturated rings. The highest BCUT2D eigenvalue weighted by Gasteiger charge is 2.15. The van der Waals surface area contributed by atoms with E-state index in [4.69, 9.17) is 4.42 Å². The van der Waals surface area contributed by atoms with Gasteiger partial charge in [-0.1, -0.05) is 0 Å². The second-order valence-corrected chi connectivity index (χ2v) is 5.17. The van der Waals surface area contributed by atoms with Crippen molar-refractivity contribution in [2.75, 3.05) is 12.4 Å². The van der Waals surface area contributed by atoms with Crippen molar-refractivity contribution in [1.82, 2.24) is 4.90 Å².